The summed E-state index contributed by atoms with van der Waals surface area (Å²) in [6.07, 6.45) is -1.00. The van der Waals surface area contributed by atoms with E-state index in [1.54, 1.807) is 18.2 Å². The number of hydrogen-bond acceptors (Lipinski definition) is 8. The van der Waals surface area contributed by atoms with Gasteiger partial charge in [0, 0.05) is 19.5 Å². The minimum atomic E-state index is -3.93. The molecular weight excluding hydrogens is 536 g/mol. The van der Waals surface area contributed by atoms with Gasteiger partial charge in [-0.05, 0) is 48.1 Å². The van der Waals surface area contributed by atoms with Gasteiger partial charge in [0.25, 0.3) is 0 Å². The number of ether oxygens (including phenoxy) is 4. The molecule has 3 aliphatic heterocycles. The van der Waals surface area contributed by atoms with Crippen molar-refractivity contribution in [3.05, 3.63) is 59.7 Å². The van der Waals surface area contributed by atoms with Crippen LogP contribution in [0.25, 0.3) is 0 Å². The van der Waals surface area contributed by atoms with Crippen LogP contribution >= 0.6 is 0 Å². The van der Waals surface area contributed by atoms with Gasteiger partial charge in [0.1, 0.15) is 11.9 Å². The zero-order chi connectivity index (χ0) is 28.3. The number of nitrogens with zero attached hydrogens (tertiary/aromatic N) is 1. The second kappa shape index (κ2) is 12.4. The molecule has 40 heavy (non-hydrogen) atoms. The lowest BCUT2D eigenvalue weighted by Crippen LogP contribution is -2.51. The van der Waals surface area contributed by atoms with Crippen molar-refractivity contribution in [2.45, 2.75) is 62.5 Å². The number of sulfonamides is 1. The van der Waals surface area contributed by atoms with E-state index in [0.717, 1.165) is 17.5 Å². The average Bonchev–Trinajstić information content (AvgIpc) is 3.66. The molecule has 0 aromatic heterocycles. The maximum absolute atomic E-state index is 13.8. The van der Waals surface area contributed by atoms with E-state index < -0.39 is 34.4 Å². The third kappa shape index (κ3) is 6.60. The number of amides is 1. The van der Waals surface area contributed by atoms with E-state index in [9.17, 15) is 18.3 Å². The zero-order valence-electron chi connectivity index (χ0n) is 22.9. The fourth-order valence-corrected chi connectivity index (χ4v) is 7.18. The Hall–Kier alpha value is -2.70. The molecule has 1 amide bonds. The lowest BCUT2D eigenvalue weighted by molar-refractivity contribution is -0.0907. The first-order valence-corrected chi connectivity index (χ1v) is 15.3. The van der Waals surface area contributed by atoms with Gasteiger partial charge in [0.05, 0.1) is 42.8 Å². The molecule has 0 aliphatic carbocycles. The van der Waals surface area contributed by atoms with Crippen LogP contribution in [0.3, 0.4) is 0 Å². The molecule has 218 valence electrons. The Balaban J connectivity index is 1.33. The Morgan fingerprint density at radius 2 is 1.93 bits per heavy atom. The predicted molar refractivity (Wildman–Crippen MR) is 146 cm³/mol. The Labute approximate surface area is 235 Å². The lowest BCUT2D eigenvalue weighted by atomic mass is 10.0. The Morgan fingerprint density at radius 3 is 2.70 bits per heavy atom. The molecule has 5 atom stereocenters. The summed E-state index contributed by atoms with van der Waals surface area (Å²) in [7, 11) is -3.93. The molecule has 2 aromatic rings. The van der Waals surface area contributed by atoms with Crippen molar-refractivity contribution < 1.29 is 37.3 Å². The Kier molecular flexibility index (Phi) is 8.96. The van der Waals surface area contributed by atoms with E-state index in [1.165, 1.54) is 4.31 Å². The predicted octanol–water partition coefficient (Wildman–Crippen LogP) is 2.73. The molecule has 3 aliphatic rings. The van der Waals surface area contributed by atoms with Gasteiger partial charge >= 0.3 is 6.09 Å². The summed E-state index contributed by atoms with van der Waals surface area (Å²) in [5.74, 6) is 0.685. The summed E-state index contributed by atoms with van der Waals surface area (Å²) < 4.78 is 51.2. The van der Waals surface area contributed by atoms with Crippen LogP contribution in [0.5, 0.6) is 5.75 Å². The summed E-state index contributed by atoms with van der Waals surface area (Å²) in [5.41, 5.74) is 1.74. The SMILES string of the molecule is CC(C)CN(C[C@@H](O)[C@H](Cc1ccccc1)NC(=O)O[C@H]1CO[C@H]2OCC[C@H]21)S(=O)(=O)c1ccc2c(c1)CCO2. The van der Waals surface area contributed by atoms with E-state index in [0.29, 0.717) is 31.8 Å². The number of rotatable bonds is 11. The topological polar surface area (TPSA) is 124 Å². The molecule has 0 saturated carbocycles. The molecule has 0 unspecified atom stereocenters. The minimum absolute atomic E-state index is 0.00850. The smallest absolute Gasteiger partial charge is 0.407 e. The van der Waals surface area contributed by atoms with E-state index in [2.05, 4.69) is 5.32 Å². The number of fused-ring (bicyclic) bond motifs is 2. The van der Waals surface area contributed by atoms with Crippen LogP contribution in [0.15, 0.2) is 53.4 Å². The first-order chi connectivity index (χ1) is 19.2. The summed E-state index contributed by atoms with van der Waals surface area (Å²) in [4.78, 5) is 13.2. The minimum Gasteiger partial charge on any atom is -0.493 e. The van der Waals surface area contributed by atoms with Crippen molar-refractivity contribution in [3.8, 4) is 5.75 Å². The van der Waals surface area contributed by atoms with Crippen LogP contribution < -0.4 is 10.1 Å². The van der Waals surface area contributed by atoms with Crippen molar-refractivity contribution >= 4 is 16.1 Å². The van der Waals surface area contributed by atoms with Gasteiger partial charge in [-0.15, -0.1) is 0 Å². The number of carbonyl (C=O) groups is 1. The molecular formula is C29H38N2O8S. The fourth-order valence-electron chi connectivity index (χ4n) is 5.51. The van der Waals surface area contributed by atoms with Crippen molar-refractivity contribution in [2.24, 2.45) is 11.8 Å². The monoisotopic (exact) mass is 574 g/mol. The molecule has 10 nitrogen and oxygen atoms in total. The van der Waals surface area contributed by atoms with E-state index in [4.69, 9.17) is 18.9 Å². The molecule has 5 rings (SSSR count). The second-order valence-corrected chi connectivity index (χ2v) is 13.0. The molecule has 0 bridgehead atoms. The summed E-state index contributed by atoms with van der Waals surface area (Å²) in [5, 5.41) is 14.2. The second-order valence-electron chi connectivity index (χ2n) is 11.1. The van der Waals surface area contributed by atoms with Crippen molar-refractivity contribution in [2.75, 3.05) is 32.9 Å². The first kappa shape index (κ1) is 28.8. The number of benzene rings is 2. The van der Waals surface area contributed by atoms with Gasteiger partial charge in [-0.2, -0.15) is 4.31 Å². The zero-order valence-corrected chi connectivity index (χ0v) is 23.7. The van der Waals surface area contributed by atoms with Crippen LogP contribution in [-0.4, -0.2) is 81.4 Å². The van der Waals surface area contributed by atoms with Gasteiger partial charge in [-0.3, -0.25) is 0 Å². The number of nitrogens with one attached hydrogen (secondary N) is 1. The summed E-state index contributed by atoms with van der Waals surface area (Å²) in [6, 6.07) is 13.5. The van der Waals surface area contributed by atoms with Crippen LogP contribution in [0.1, 0.15) is 31.4 Å². The van der Waals surface area contributed by atoms with Crippen LogP contribution in [0.4, 0.5) is 4.79 Å². The highest BCUT2D eigenvalue weighted by Crippen LogP contribution is 2.33. The summed E-state index contributed by atoms with van der Waals surface area (Å²) >= 11 is 0. The molecule has 2 N–H and O–H groups in total. The Morgan fingerprint density at radius 1 is 1.12 bits per heavy atom. The Bertz CT molecular complexity index is 1270. The number of alkyl carbamates (subject to hydrolysis) is 1. The highest BCUT2D eigenvalue weighted by molar-refractivity contribution is 7.89. The molecule has 11 heteroatoms. The van der Waals surface area contributed by atoms with E-state index in [1.807, 2.05) is 44.2 Å². The van der Waals surface area contributed by atoms with Gasteiger partial charge in [-0.1, -0.05) is 44.2 Å². The quantitative estimate of drug-likeness (QED) is 0.420. The third-order valence-corrected chi connectivity index (χ3v) is 9.40. The van der Waals surface area contributed by atoms with Crippen molar-refractivity contribution in [3.63, 3.8) is 0 Å². The standard InChI is InChI=1S/C29H38N2O8S/c1-19(2)16-31(40(34,35)22-8-9-26-21(15-22)10-12-36-26)17-25(32)24(14-20-6-4-3-5-7-20)30-29(33)39-27-18-38-28-23(27)11-13-37-28/h3-9,15,19,23-25,27-28,32H,10-14,16-18H2,1-2H3,(H,30,33)/t23-,24-,25+,27-,28+/m0/s1. The largest absolute Gasteiger partial charge is 0.493 e. The average molecular weight is 575 g/mol. The third-order valence-electron chi connectivity index (χ3n) is 7.57. The van der Waals surface area contributed by atoms with Crippen LogP contribution in [0, 0.1) is 11.8 Å². The molecule has 2 fully saturated rings. The number of hydrogen-bond donors (Lipinski definition) is 2. The van der Waals surface area contributed by atoms with Gasteiger partial charge in [0.2, 0.25) is 10.0 Å². The number of aliphatic hydroxyl groups is 1. The van der Waals surface area contributed by atoms with E-state index >= 15 is 0 Å². The maximum Gasteiger partial charge on any atom is 0.407 e. The van der Waals surface area contributed by atoms with Gasteiger partial charge in [-0.25, -0.2) is 13.2 Å². The van der Waals surface area contributed by atoms with Crippen LogP contribution in [0.2, 0.25) is 0 Å². The molecule has 0 spiro atoms. The maximum atomic E-state index is 13.8. The summed E-state index contributed by atoms with van der Waals surface area (Å²) in [6.45, 7) is 5.19. The normalized spacial score (nSPS) is 23.5. The highest BCUT2D eigenvalue weighted by Gasteiger charge is 2.44. The number of carbonyl (C=O) groups excluding carboxylic acids is 1. The first-order valence-electron chi connectivity index (χ1n) is 13.9. The fraction of sp³-hybridized carbons (Fsp3) is 0.552. The molecule has 0 radical (unpaired) electrons. The van der Waals surface area contributed by atoms with Crippen LogP contribution in [-0.2, 0) is 37.1 Å². The number of aliphatic hydroxyl groups excluding tert-OH is 1. The molecule has 2 saturated heterocycles. The van der Waals surface area contributed by atoms with Crippen molar-refractivity contribution in [1.82, 2.24) is 9.62 Å². The van der Waals surface area contributed by atoms with Gasteiger partial charge in [0.15, 0.2) is 6.29 Å². The van der Waals surface area contributed by atoms with E-state index in [-0.39, 0.29) is 42.7 Å². The van der Waals surface area contributed by atoms with Crippen molar-refractivity contribution in [1.29, 1.82) is 0 Å². The molecule has 3 heterocycles. The van der Waals surface area contributed by atoms with Gasteiger partial charge < -0.3 is 29.4 Å². The highest BCUT2D eigenvalue weighted by atomic mass is 32.2. The lowest BCUT2D eigenvalue weighted by Gasteiger charge is -2.31. The molecule has 2 aromatic carbocycles.